The maximum atomic E-state index is 10.4. The smallest absolute Gasteiger partial charge is 0.101 e. The molecular formula is C4H12N2O2. The van der Waals surface area contributed by atoms with Crippen molar-refractivity contribution in [3.05, 3.63) is 5.21 Å². The van der Waals surface area contributed by atoms with Crippen molar-refractivity contribution in [1.82, 2.24) is 6.15 Å². The van der Waals surface area contributed by atoms with E-state index in [1.54, 1.807) is 0 Å². The lowest BCUT2D eigenvalue weighted by Gasteiger charge is -2.25. The zero-order valence-corrected chi connectivity index (χ0v) is 4.85. The average Bonchev–Trinajstić information content (AvgIpc) is 1.69. The van der Waals surface area contributed by atoms with Gasteiger partial charge in [0.15, 0.2) is 0 Å². The summed E-state index contributed by atoms with van der Waals surface area (Å²) in [6.07, 6.45) is 0. The maximum absolute atomic E-state index is 10.4. The van der Waals surface area contributed by atoms with Crippen molar-refractivity contribution in [2.45, 2.75) is 0 Å². The van der Waals surface area contributed by atoms with Crippen LogP contribution in [0.2, 0.25) is 0 Å². The van der Waals surface area contributed by atoms with Crippen molar-refractivity contribution >= 4 is 0 Å². The number of hydrogen-bond acceptors (Lipinski definition) is 3. The highest BCUT2D eigenvalue weighted by Crippen LogP contribution is 1.72. The van der Waals surface area contributed by atoms with E-state index in [0.717, 1.165) is 0 Å². The van der Waals surface area contributed by atoms with Crippen LogP contribution in [-0.4, -0.2) is 26.3 Å². The third-order valence-corrected chi connectivity index (χ3v) is 1.05. The van der Waals surface area contributed by atoms with E-state index in [0.29, 0.717) is 31.4 Å². The molecule has 4 N–H and O–H groups in total. The number of quaternary nitrogens is 1. The van der Waals surface area contributed by atoms with Crippen molar-refractivity contribution in [3.8, 4) is 0 Å². The minimum absolute atomic E-state index is 0. The van der Waals surface area contributed by atoms with Gasteiger partial charge in [-0.3, -0.25) is 0 Å². The third kappa shape index (κ3) is 2.23. The molecule has 0 unspecified atom stereocenters. The lowest BCUT2D eigenvalue weighted by atomic mass is 10.5. The first-order chi connectivity index (χ1) is 3.39. The topological polar surface area (TPSA) is 71.7 Å². The van der Waals surface area contributed by atoms with Crippen LogP contribution in [0.4, 0.5) is 0 Å². The number of rotatable bonds is 0. The van der Waals surface area contributed by atoms with Crippen molar-refractivity contribution in [1.29, 1.82) is 0 Å². The van der Waals surface area contributed by atoms with Gasteiger partial charge in [-0.2, -0.15) is 0 Å². The van der Waals surface area contributed by atoms with Gasteiger partial charge in [-0.05, 0) is 0 Å². The van der Waals surface area contributed by atoms with Crippen LogP contribution in [0.3, 0.4) is 0 Å². The zero-order valence-electron chi connectivity index (χ0n) is 4.85. The molecule has 1 saturated heterocycles. The first kappa shape index (κ1) is 7.84. The van der Waals surface area contributed by atoms with Crippen LogP contribution in [0.25, 0.3) is 0 Å². The van der Waals surface area contributed by atoms with E-state index in [4.69, 9.17) is 4.74 Å². The van der Waals surface area contributed by atoms with E-state index in [1.807, 2.05) is 0 Å². The van der Waals surface area contributed by atoms with Gasteiger partial charge in [-0.1, -0.05) is 0 Å². The Labute approximate surface area is 48.6 Å². The normalized spacial score (nSPS) is 22.1. The largest absolute Gasteiger partial charge is 0.634 e. The Hall–Kier alpha value is -0.160. The van der Waals surface area contributed by atoms with Gasteiger partial charge in [-0.15, -0.1) is 0 Å². The molecule has 0 aromatic heterocycles. The number of hydrogen-bond donors (Lipinski definition) is 2. The highest BCUT2D eigenvalue weighted by Gasteiger charge is 2.02. The summed E-state index contributed by atoms with van der Waals surface area (Å²) >= 11 is 0. The first-order valence-electron chi connectivity index (χ1n) is 2.49. The molecule has 4 heteroatoms. The van der Waals surface area contributed by atoms with Crippen LogP contribution in [-0.2, 0) is 4.74 Å². The quantitative estimate of drug-likeness (QED) is 0.385. The molecule has 1 fully saturated rings. The lowest BCUT2D eigenvalue weighted by Crippen LogP contribution is -3.09. The van der Waals surface area contributed by atoms with E-state index in [1.165, 1.54) is 0 Å². The Bertz CT molecular complexity index is 54.0. The monoisotopic (exact) mass is 120 g/mol. The fraction of sp³-hybridized carbons (Fsp3) is 1.00. The van der Waals surface area contributed by atoms with Crippen LogP contribution in [0, 0.1) is 5.21 Å². The Morgan fingerprint density at radius 2 is 1.75 bits per heavy atom. The van der Waals surface area contributed by atoms with Crippen LogP contribution in [0.15, 0.2) is 0 Å². The van der Waals surface area contributed by atoms with Gasteiger partial charge >= 0.3 is 0 Å². The highest BCUT2D eigenvalue weighted by atomic mass is 16.5. The molecule has 1 aliphatic heterocycles. The van der Waals surface area contributed by atoms with Crippen molar-refractivity contribution in [3.63, 3.8) is 0 Å². The summed E-state index contributed by atoms with van der Waals surface area (Å²) in [5.74, 6) is 0. The number of hydroxylamine groups is 2. The molecule has 0 aromatic rings. The molecule has 1 rings (SSSR count). The van der Waals surface area contributed by atoms with E-state index >= 15 is 0 Å². The van der Waals surface area contributed by atoms with Crippen LogP contribution < -0.4 is 11.2 Å². The summed E-state index contributed by atoms with van der Waals surface area (Å²) in [6.45, 7) is 2.53. The van der Waals surface area contributed by atoms with E-state index < -0.39 is 0 Å². The zero-order chi connectivity index (χ0) is 5.11. The molecule has 0 atom stereocenters. The van der Waals surface area contributed by atoms with Gasteiger partial charge in [-0.25, -0.2) is 0 Å². The van der Waals surface area contributed by atoms with Gasteiger partial charge in [0.05, 0.1) is 13.2 Å². The summed E-state index contributed by atoms with van der Waals surface area (Å²) < 4.78 is 4.92. The molecule has 4 nitrogen and oxygen atoms in total. The van der Waals surface area contributed by atoms with Gasteiger partial charge in [0.2, 0.25) is 0 Å². The molecule has 50 valence electrons. The molecule has 0 radical (unpaired) electrons. The highest BCUT2D eigenvalue weighted by molar-refractivity contribution is 4.36. The van der Waals surface area contributed by atoms with E-state index in [9.17, 15) is 5.21 Å². The summed E-state index contributed by atoms with van der Waals surface area (Å²) in [5.41, 5.74) is 0. The Morgan fingerprint density at radius 3 is 2.00 bits per heavy atom. The molecule has 0 spiro atoms. The summed E-state index contributed by atoms with van der Waals surface area (Å²) in [6, 6.07) is 0. The second kappa shape index (κ2) is 3.80. The lowest BCUT2D eigenvalue weighted by molar-refractivity contribution is -0.857. The summed E-state index contributed by atoms with van der Waals surface area (Å²) in [5, 5.41) is 10.7. The fourth-order valence-electron chi connectivity index (χ4n) is 0.599. The Morgan fingerprint density at radius 1 is 1.25 bits per heavy atom. The molecule has 0 bridgehead atoms. The van der Waals surface area contributed by atoms with Crippen LogP contribution in [0.1, 0.15) is 0 Å². The Balaban J connectivity index is 0.000000490. The molecule has 0 saturated carbocycles. The average molecular weight is 120 g/mol. The molecule has 0 aromatic carbocycles. The van der Waals surface area contributed by atoms with Crippen LogP contribution in [0.5, 0.6) is 0 Å². The minimum Gasteiger partial charge on any atom is -0.634 e. The van der Waals surface area contributed by atoms with Gasteiger partial charge in [0.25, 0.3) is 0 Å². The van der Waals surface area contributed by atoms with Crippen LogP contribution >= 0.6 is 0 Å². The standard InChI is InChI=1S/C4H9NO2.H3N/c6-5-1-3-7-4-2-5;/h5H,1-4H2;1H3. The van der Waals surface area contributed by atoms with E-state index in [2.05, 4.69) is 0 Å². The molecule has 8 heavy (non-hydrogen) atoms. The van der Waals surface area contributed by atoms with Gasteiger partial charge in [0.1, 0.15) is 13.1 Å². The predicted octanol–water partition coefficient (Wildman–Crippen LogP) is -1.44. The maximum Gasteiger partial charge on any atom is 0.101 e. The summed E-state index contributed by atoms with van der Waals surface area (Å²) in [7, 11) is 0. The predicted molar refractivity (Wildman–Crippen MR) is 29.9 cm³/mol. The first-order valence-corrected chi connectivity index (χ1v) is 2.49. The SMILES string of the molecule is N.[O-][NH+]1CCOCC1. The molecule has 0 aliphatic carbocycles. The second-order valence-corrected chi connectivity index (χ2v) is 1.65. The van der Waals surface area contributed by atoms with Crippen molar-refractivity contribution in [2.24, 2.45) is 0 Å². The Kier molecular flexibility index (Phi) is 3.72. The van der Waals surface area contributed by atoms with Crippen molar-refractivity contribution < 1.29 is 9.80 Å². The second-order valence-electron chi connectivity index (χ2n) is 1.65. The molecule has 0 amide bonds. The van der Waals surface area contributed by atoms with Gasteiger partial charge < -0.3 is 21.2 Å². The molecule has 1 heterocycles. The van der Waals surface area contributed by atoms with Crippen molar-refractivity contribution in [2.75, 3.05) is 26.3 Å². The van der Waals surface area contributed by atoms with Gasteiger partial charge in [0, 0.05) is 0 Å². The fourth-order valence-corrected chi connectivity index (χ4v) is 0.599. The minimum atomic E-state index is 0. The number of morpholine rings is 1. The number of ether oxygens (including phenoxy) is 1. The molecular weight excluding hydrogens is 108 g/mol. The number of nitrogens with one attached hydrogen (secondary N) is 1. The summed E-state index contributed by atoms with van der Waals surface area (Å²) in [4.78, 5) is 0. The van der Waals surface area contributed by atoms with E-state index in [-0.39, 0.29) is 6.15 Å². The third-order valence-electron chi connectivity index (χ3n) is 1.05. The molecule has 1 aliphatic rings.